The molecule has 1 aromatic rings. The summed E-state index contributed by atoms with van der Waals surface area (Å²) in [5, 5.41) is 9.29. The number of nitrogens with zero attached hydrogens (tertiary/aromatic N) is 1. The normalized spacial score (nSPS) is 21.8. The zero-order chi connectivity index (χ0) is 12.8. The molecule has 2 heterocycles. The summed E-state index contributed by atoms with van der Waals surface area (Å²) in [6.45, 7) is 9.87. The van der Waals surface area contributed by atoms with Crippen LogP contribution in [0.2, 0.25) is 0 Å². The molecule has 1 fully saturated rings. The van der Waals surface area contributed by atoms with Crippen molar-refractivity contribution >= 4 is 12.6 Å². The number of rotatable bonds is 1. The second-order valence-electron chi connectivity index (χ2n) is 5.43. The lowest BCUT2D eigenvalue weighted by Crippen LogP contribution is -2.41. The first kappa shape index (κ1) is 12.4. The van der Waals surface area contributed by atoms with Crippen LogP contribution in [0.4, 0.5) is 0 Å². The molecule has 2 rings (SSSR count). The van der Waals surface area contributed by atoms with Crippen LogP contribution in [0, 0.1) is 6.92 Å². The molecule has 0 atom stereocenters. The Labute approximate surface area is 102 Å². The number of aromatic nitrogens is 1. The van der Waals surface area contributed by atoms with Gasteiger partial charge in [0, 0.05) is 11.2 Å². The Hall–Kier alpha value is -1.07. The van der Waals surface area contributed by atoms with Gasteiger partial charge < -0.3 is 14.4 Å². The highest BCUT2D eigenvalue weighted by Crippen LogP contribution is 2.36. The molecule has 5 heteroatoms. The van der Waals surface area contributed by atoms with Crippen LogP contribution in [0.3, 0.4) is 0 Å². The predicted molar refractivity (Wildman–Crippen MR) is 66.4 cm³/mol. The maximum Gasteiger partial charge on any atom is 0.496 e. The molecule has 4 nitrogen and oxygen atoms in total. The number of pyridine rings is 1. The number of aryl methyl sites for hydroxylation is 1. The molecule has 0 unspecified atom stereocenters. The summed E-state index contributed by atoms with van der Waals surface area (Å²) in [5.74, 6) is 0.0165. The third kappa shape index (κ3) is 2.05. The lowest BCUT2D eigenvalue weighted by molar-refractivity contribution is 0.00578. The Kier molecular flexibility index (Phi) is 2.71. The first-order chi connectivity index (χ1) is 7.73. The summed E-state index contributed by atoms with van der Waals surface area (Å²) in [7, 11) is -0.423. The molecule has 0 amide bonds. The van der Waals surface area contributed by atoms with Crippen molar-refractivity contribution in [1.29, 1.82) is 0 Å². The van der Waals surface area contributed by atoms with Gasteiger partial charge in [-0.3, -0.25) is 0 Å². The smallest absolute Gasteiger partial charge is 0.493 e. The van der Waals surface area contributed by atoms with Crippen LogP contribution >= 0.6 is 0 Å². The molecule has 0 aromatic carbocycles. The van der Waals surface area contributed by atoms with Crippen LogP contribution < -0.4 is 5.46 Å². The summed E-state index contributed by atoms with van der Waals surface area (Å²) in [5.41, 5.74) is 0.870. The molecular formula is C12H18BNO3. The molecule has 0 spiro atoms. The Morgan fingerprint density at radius 2 is 1.65 bits per heavy atom. The number of aromatic hydroxyl groups is 1. The SMILES string of the molecule is Cc1nc(O)ccc1B1OC(C)(C)C(C)(C)O1. The molecule has 17 heavy (non-hydrogen) atoms. The fraction of sp³-hybridized carbons (Fsp3) is 0.583. The van der Waals surface area contributed by atoms with Gasteiger partial charge >= 0.3 is 7.12 Å². The summed E-state index contributed by atoms with van der Waals surface area (Å²) >= 11 is 0. The molecular weight excluding hydrogens is 217 g/mol. The molecule has 1 aliphatic rings. The van der Waals surface area contributed by atoms with Crippen molar-refractivity contribution < 1.29 is 14.4 Å². The van der Waals surface area contributed by atoms with E-state index in [0.29, 0.717) is 0 Å². The first-order valence-corrected chi connectivity index (χ1v) is 5.75. The molecule has 0 bridgehead atoms. The molecule has 1 N–H and O–H groups in total. The van der Waals surface area contributed by atoms with Crippen molar-refractivity contribution in [3.63, 3.8) is 0 Å². The zero-order valence-electron chi connectivity index (χ0n) is 10.9. The third-order valence-corrected chi connectivity index (χ3v) is 3.62. The van der Waals surface area contributed by atoms with Crippen LogP contribution in [-0.4, -0.2) is 28.4 Å². The standard InChI is InChI=1S/C12H18BNO3/c1-8-9(6-7-10(15)14-8)13-16-11(2,3)12(4,5)17-13/h6-7H,1-5H3,(H,14,15). The van der Waals surface area contributed by atoms with Gasteiger partial charge in [-0.1, -0.05) is 6.07 Å². The van der Waals surface area contributed by atoms with E-state index in [1.807, 2.05) is 34.6 Å². The van der Waals surface area contributed by atoms with Crippen molar-refractivity contribution in [2.75, 3.05) is 0 Å². The highest BCUT2D eigenvalue weighted by Gasteiger charge is 2.52. The quantitative estimate of drug-likeness (QED) is 0.747. The molecule has 0 aliphatic carbocycles. The molecule has 1 aromatic heterocycles. The van der Waals surface area contributed by atoms with Crippen molar-refractivity contribution in [3.8, 4) is 5.88 Å². The van der Waals surface area contributed by atoms with Crippen molar-refractivity contribution in [2.45, 2.75) is 45.8 Å². The van der Waals surface area contributed by atoms with Gasteiger partial charge in [-0.15, -0.1) is 0 Å². The van der Waals surface area contributed by atoms with Gasteiger partial charge in [0.05, 0.1) is 11.2 Å². The van der Waals surface area contributed by atoms with Crippen LogP contribution in [0.25, 0.3) is 0 Å². The fourth-order valence-electron chi connectivity index (χ4n) is 1.78. The lowest BCUT2D eigenvalue weighted by Gasteiger charge is -2.32. The van der Waals surface area contributed by atoms with Gasteiger partial charge in [-0.05, 0) is 40.7 Å². The fourth-order valence-corrected chi connectivity index (χ4v) is 1.78. The first-order valence-electron chi connectivity index (χ1n) is 5.75. The Bertz CT molecular complexity index is 429. The maximum atomic E-state index is 9.29. The van der Waals surface area contributed by atoms with E-state index >= 15 is 0 Å². The van der Waals surface area contributed by atoms with Gasteiger partial charge in [0.1, 0.15) is 0 Å². The topological polar surface area (TPSA) is 51.6 Å². The van der Waals surface area contributed by atoms with Gasteiger partial charge in [0.25, 0.3) is 0 Å². The minimum absolute atomic E-state index is 0.0165. The lowest BCUT2D eigenvalue weighted by atomic mass is 9.78. The Balaban J connectivity index is 2.32. The third-order valence-electron chi connectivity index (χ3n) is 3.62. The summed E-state index contributed by atoms with van der Waals surface area (Å²) < 4.78 is 11.9. The predicted octanol–water partition coefficient (Wildman–Crippen LogP) is 1.39. The molecule has 0 radical (unpaired) electrons. The average Bonchev–Trinajstić information content (AvgIpc) is 2.35. The maximum absolute atomic E-state index is 9.29. The second-order valence-corrected chi connectivity index (χ2v) is 5.43. The van der Waals surface area contributed by atoms with E-state index in [4.69, 9.17) is 9.31 Å². The molecule has 1 aliphatic heterocycles. The van der Waals surface area contributed by atoms with E-state index in [1.54, 1.807) is 12.1 Å². The summed E-state index contributed by atoms with van der Waals surface area (Å²) in [6.07, 6.45) is 0. The van der Waals surface area contributed by atoms with Crippen molar-refractivity contribution in [1.82, 2.24) is 4.98 Å². The highest BCUT2D eigenvalue weighted by atomic mass is 16.7. The van der Waals surface area contributed by atoms with E-state index in [2.05, 4.69) is 4.98 Å². The Morgan fingerprint density at radius 1 is 1.12 bits per heavy atom. The van der Waals surface area contributed by atoms with Gasteiger partial charge in [-0.2, -0.15) is 0 Å². The van der Waals surface area contributed by atoms with E-state index in [9.17, 15) is 5.11 Å². The van der Waals surface area contributed by atoms with Gasteiger partial charge in [0.15, 0.2) is 0 Å². The van der Waals surface area contributed by atoms with E-state index in [0.717, 1.165) is 11.2 Å². The number of hydrogen-bond donors (Lipinski definition) is 1. The van der Waals surface area contributed by atoms with E-state index in [1.165, 1.54) is 0 Å². The van der Waals surface area contributed by atoms with E-state index < -0.39 is 7.12 Å². The largest absolute Gasteiger partial charge is 0.496 e. The summed E-state index contributed by atoms with van der Waals surface area (Å²) in [4.78, 5) is 4.01. The van der Waals surface area contributed by atoms with Crippen LogP contribution in [0.1, 0.15) is 33.4 Å². The van der Waals surface area contributed by atoms with Crippen molar-refractivity contribution in [2.24, 2.45) is 0 Å². The second kappa shape index (κ2) is 3.72. The van der Waals surface area contributed by atoms with Gasteiger partial charge in [0.2, 0.25) is 5.88 Å². The van der Waals surface area contributed by atoms with Crippen LogP contribution in [0.5, 0.6) is 5.88 Å². The molecule has 0 saturated carbocycles. The van der Waals surface area contributed by atoms with Crippen molar-refractivity contribution in [3.05, 3.63) is 17.8 Å². The molecule has 92 valence electrons. The van der Waals surface area contributed by atoms with Crippen LogP contribution in [0.15, 0.2) is 12.1 Å². The van der Waals surface area contributed by atoms with Crippen LogP contribution in [-0.2, 0) is 9.31 Å². The molecule has 1 saturated heterocycles. The van der Waals surface area contributed by atoms with E-state index in [-0.39, 0.29) is 17.1 Å². The summed E-state index contributed by atoms with van der Waals surface area (Å²) in [6, 6.07) is 3.34. The monoisotopic (exact) mass is 235 g/mol. The number of hydrogen-bond acceptors (Lipinski definition) is 4. The minimum Gasteiger partial charge on any atom is -0.493 e. The highest BCUT2D eigenvalue weighted by molar-refractivity contribution is 6.62. The zero-order valence-corrected chi connectivity index (χ0v) is 10.9. The average molecular weight is 235 g/mol. The Morgan fingerprint density at radius 3 is 2.12 bits per heavy atom. The van der Waals surface area contributed by atoms with Gasteiger partial charge in [-0.25, -0.2) is 4.98 Å². The minimum atomic E-state index is -0.423.